The van der Waals surface area contributed by atoms with Crippen LogP contribution in [0.2, 0.25) is 0 Å². The Morgan fingerprint density at radius 2 is 1.21 bits per heavy atom. The Morgan fingerprint density at radius 3 is 1.64 bits per heavy atom. The van der Waals surface area contributed by atoms with Gasteiger partial charge in [-0.25, -0.2) is 19.6 Å². The molecule has 2 saturated heterocycles. The number of carbonyl (C=O) groups excluding carboxylic acids is 3. The van der Waals surface area contributed by atoms with Gasteiger partial charge >= 0.3 is 12.2 Å². The molecule has 16 heteroatoms. The quantitative estimate of drug-likeness (QED) is 0.0819. The minimum atomic E-state index is -1.14. The van der Waals surface area contributed by atoms with E-state index >= 15 is 0 Å². The number of nitrogens with zero attached hydrogens (tertiary/aromatic N) is 7. The number of hydrogen-bond donors (Lipinski definition) is 4. The number of H-pyrrole nitrogens is 2. The van der Waals surface area contributed by atoms with Crippen LogP contribution in [0, 0.1) is 23.2 Å². The van der Waals surface area contributed by atoms with Crippen molar-refractivity contribution in [2.24, 2.45) is 11.8 Å². The number of rotatable bonds is 14. The molecule has 4 amide bonds. The second-order valence-corrected chi connectivity index (χ2v) is 19.5. The standard InChI is InChI=1S/C54H62N10O6/c1-32(2)46(60-52(67)70-8)50(65)62-27-9-11-44(62)48-56-29-40(58-48)34-13-17-36(18-14-34)42-25-26-43(64(42)39-23-21-38(22-24-39)54(5,6)31-55)37-19-15-35(16-20-37)41-30-57-49(59-41)45-12-10-28-63(45)51(66)47(33(3)4)61(7)53(68)69/h13-26,29-30,32-33,44-47H,9-12,27-28H2,1-8H3,(H,56,58)(H,57,59)(H,60,67)(H,68,69)/t44-,45-,46-,47-/m0/s1. The number of ether oxygens (including phenoxy) is 1. The zero-order valence-electron chi connectivity index (χ0n) is 41.1. The lowest BCUT2D eigenvalue weighted by atomic mass is 9.86. The SMILES string of the molecule is COC(=O)N[C@H](C(=O)N1CCC[C@H]1c1nc(-c2ccc(-c3ccc(-c4ccc(-c5c[nH]c([C@@H]6CCCN6C(=O)[C@H](C(C)C)N(C)C(=O)O)n5)cc4)n3-c3ccc(C(C)(C)C#N)cc3)cc2)c[nH]1)C(C)C. The summed E-state index contributed by atoms with van der Waals surface area (Å²) in [6.07, 6.45) is 5.03. The van der Waals surface area contributed by atoms with E-state index in [4.69, 9.17) is 14.7 Å². The third kappa shape index (κ3) is 9.65. The molecule has 0 aliphatic carbocycles. The lowest BCUT2D eigenvalue weighted by Crippen LogP contribution is -2.51. The van der Waals surface area contributed by atoms with Gasteiger partial charge in [0, 0.05) is 49.3 Å². The van der Waals surface area contributed by atoms with E-state index in [1.54, 1.807) is 9.80 Å². The largest absolute Gasteiger partial charge is 0.465 e. The highest BCUT2D eigenvalue weighted by molar-refractivity contribution is 5.87. The average molecular weight is 947 g/mol. The van der Waals surface area contributed by atoms with Crippen molar-refractivity contribution < 1.29 is 29.0 Å². The lowest BCUT2D eigenvalue weighted by Gasteiger charge is -2.33. The Kier molecular flexibility index (Phi) is 14.0. The van der Waals surface area contributed by atoms with Crippen molar-refractivity contribution in [2.75, 3.05) is 27.2 Å². The van der Waals surface area contributed by atoms with Crippen molar-refractivity contribution in [1.29, 1.82) is 5.26 Å². The number of amides is 4. The highest BCUT2D eigenvalue weighted by Gasteiger charge is 2.40. The van der Waals surface area contributed by atoms with Crippen molar-refractivity contribution in [3.8, 4) is 56.8 Å². The van der Waals surface area contributed by atoms with Gasteiger partial charge in [-0.15, -0.1) is 0 Å². The highest BCUT2D eigenvalue weighted by Crippen LogP contribution is 2.38. The molecule has 0 radical (unpaired) electrons. The second kappa shape index (κ2) is 20.1. The van der Waals surface area contributed by atoms with Crippen LogP contribution < -0.4 is 5.32 Å². The van der Waals surface area contributed by atoms with E-state index in [-0.39, 0.29) is 35.7 Å². The fourth-order valence-corrected chi connectivity index (χ4v) is 9.89. The maximum absolute atomic E-state index is 13.8. The summed E-state index contributed by atoms with van der Waals surface area (Å²) in [5, 5.41) is 22.3. The van der Waals surface area contributed by atoms with Gasteiger partial charge in [0.15, 0.2) is 0 Å². The molecule has 3 aromatic heterocycles. The Hall–Kier alpha value is -7.67. The zero-order valence-corrected chi connectivity index (χ0v) is 41.1. The monoisotopic (exact) mass is 946 g/mol. The van der Waals surface area contributed by atoms with Crippen molar-refractivity contribution in [1.82, 2.24) is 44.5 Å². The van der Waals surface area contributed by atoms with E-state index in [0.29, 0.717) is 24.7 Å². The van der Waals surface area contributed by atoms with E-state index in [9.17, 15) is 29.5 Å². The normalized spacial score (nSPS) is 16.9. The van der Waals surface area contributed by atoms with Crippen LogP contribution in [0.1, 0.15) is 96.5 Å². The van der Waals surface area contributed by atoms with Gasteiger partial charge < -0.3 is 39.5 Å². The van der Waals surface area contributed by atoms with E-state index in [2.05, 4.69) is 62.3 Å². The minimum Gasteiger partial charge on any atom is -0.465 e. The number of aromatic amines is 2. The fourth-order valence-electron chi connectivity index (χ4n) is 9.89. The summed E-state index contributed by atoms with van der Waals surface area (Å²) in [6.45, 7) is 12.4. The van der Waals surface area contributed by atoms with Gasteiger partial charge in [-0.1, -0.05) is 88.4 Å². The Labute approximate surface area is 408 Å². The molecule has 3 aromatic carbocycles. The Morgan fingerprint density at radius 1 is 0.743 bits per heavy atom. The maximum atomic E-state index is 13.8. The molecule has 0 unspecified atom stereocenters. The van der Waals surface area contributed by atoms with Crippen LogP contribution in [0.5, 0.6) is 0 Å². The molecule has 6 aromatic rings. The number of carboxylic acid groups (broad SMARTS) is 1. The molecule has 4 atom stereocenters. The summed E-state index contributed by atoms with van der Waals surface area (Å²) in [6, 6.07) is 29.1. The topological polar surface area (TPSA) is 206 Å². The van der Waals surface area contributed by atoms with Crippen LogP contribution in [0.15, 0.2) is 97.3 Å². The predicted molar refractivity (Wildman–Crippen MR) is 266 cm³/mol. The number of aromatic nitrogens is 5. The van der Waals surface area contributed by atoms with Gasteiger partial charge in [-0.3, -0.25) is 14.5 Å². The number of nitrogens with one attached hydrogen (secondary N) is 3. The molecule has 8 rings (SSSR count). The number of hydrogen-bond acceptors (Lipinski definition) is 8. The number of benzene rings is 3. The van der Waals surface area contributed by atoms with Crippen molar-refractivity contribution >= 4 is 24.0 Å². The zero-order chi connectivity index (χ0) is 50.0. The third-order valence-electron chi connectivity index (χ3n) is 13.9. The number of methoxy groups -OCH3 is 1. The van der Waals surface area contributed by atoms with Crippen molar-refractivity contribution in [3.63, 3.8) is 0 Å². The molecule has 0 bridgehead atoms. The summed E-state index contributed by atoms with van der Waals surface area (Å²) in [7, 11) is 2.73. The van der Waals surface area contributed by atoms with Crippen LogP contribution in [0.4, 0.5) is 9.59 Å². The molecule has 0 spiro atoms. The molecular formula is C54H62N10O6. The first kappa shape index (κ1) is 48.8. The Balaban J connectivity index is 1.05. The van der Waals surface area contributed by atoms with E-state index < -0.39 is 29.7 Å². The van der Waals surface area contributed by atoms with Crippen LogP contribution in [-0.4, -0.2) is 108 Å². The smallest absolute Gasteiger partial charge is 0.407 e. The van der Waals surface area contributed by atoms with Crippen molar-refractivity contribution in [3.05, 3.63) is 115 Å². The summed E-state index contributed by atoms with van der Waals surface area (Å²) < 4.78 is 7.01. The van der Waals surface area contributed by atoms with Gasteiger partial charge in [-0.05, 0) is 92.3 Å². The second-order valence-electron chi connectivity index (χ2n) is 19.5. The van der Waals surface area contributed by atoms with Gasteiger partial charge in [0.25, 0.3) is 0 Å². The molecule has 2 aliphatic rings. The molecule has 364 valence electrons. The van der Waals surface area contributed by atoms with Gasteiger partial charge in [0.05, 0.1) is 53.5 Å². The predicted octanol–water partition coefficient (Wildman–Crippen LogP) is 9.73. The number of likely N-dealkylation sites (tertiary alicyclic amines) is 2. The maximum Gasteiger partial charge on any atom is 0.407 e. The molecular weight excluding hydrogens is 885 g/mol. The first-order valence-electron chi connectivity index (χ1n) is 24.0. The fraction of sp³-hybridized carbons (Fsp3) is 0.389. The lowest BCUT2D eigenvalue weighted by molar-refractivity contribution is -0.138. The molecule has 2 aliphatic heterocycles. The third-order valence-corrected chi connectivity index (χ3v) is 13.9. The van der Waals surface area contributed by atoms with Crippen LogP contribution in [0.25, 0.3) is 50.7 Å². The molecule has 5 heterocycles. The number of carbonyl (C=O) groups is 4. The summed E-state index contributed by atoms with van der Waals surface area (Å²) >= 11 is 0. The molecule has 16 nitrogen and oxygen atoms in total. The van der Waals surface area contributed by atoms with Gasteiger partial charge in [0.2, 0.25) is 11.8 Å². The minimum absolute atomic E-state index is 0.134. The average Bonchev–Trinajstić information content (AvgIpc) is 4.22. The number of imidazole rings is 2. The number of likely N-dealkylation sites (N-methyl/N-ethyl adjacent to an activating group) is 1. The Bertz CT molecular complexity index is 2890. The van der Waals surface area contributed by atoms with Gasteiger partial charge in [-0.2, -0.15) is 5.26 Å². The summed E-state index contributed by atoms with van der Waals surface area (Å²) in [5.41, 5.74) is 8.35. The van der Waals surface area contributed by atoms with E-state index in [1.165, 1.54) is 14.2 Å². The first-order chi connectivity index (χ1) is 33.5. The first-order valence-corrected chi connectivity index (χ1v) is 24.0. The van der Waals surface area contributed by atoms with E-state index in [0.717, 1.165) is 86.9 Å². The van der Waals surface area contributed by atoms with Crippen molar-refractivity contribution in [2.45, 2.75) is 96.8 Å². The number of alkyl carbamates (subject to hydrolysis) is 1. The molecule has 0 saturated carbocycles. The summed E-state index contributed by atoms with van der Waals surface area (Å²) in [4.78, 5) is 72.8. The van der Waals surface area contributed by atoms with Gasteiger partial charge in [0.1, 0.15) is 23.7 Å². The highest BCUT2D eigenvalue weighted by atomic mass is 16.5. The van der Waals surface area contributed by atoms with E-state index in [1.807, 2.05) is 102 Å². The summed E-state index contributed by atoms with van der Waals surface area (Å²) in [5.74, 6) is 0.658. The van der Waals surface area contributed by atoms with Crippen LogP contribution >= 0.6 is 0 Å². The molecule has 2 fully saturated rings. The van der Waals surface area contributed by atoms with Crippen LogP contribution in [-0.2, 0) is 19.7 Å². The molecule has 70 heavy (non-hydrogen) atoms. The molecule has 4 N–H and O–H groups in total. The van der Waals surface area contributed by atoms with Crippen LogP contribution in [0.3, 0.4) is 0 Å². The number of nitriles is 1.